The average Bonchev–Trinajstić information content (AvgIpc) is 3.06. The summed E-state index contributed by atoms with van der Waals surface area (Å²) in [5.41, 5.74) is 3.47. The largest absolute Gasteiger partial charge is 0.304 e. The zero-order valence-corrected chi connectivity index (χ0v) is 14.4. The van der Waals surface area contributed by atoms with Gasteiger partial charge in [0.2, 0.25) is 5.91 Å². The molecule has 0 saturated carbocycles. The zero-order valence-electron chi connectivity index (χ0n) is 14.4. The third kappa shape index (κ3) is 3.93. The van der Waals surface area contributed by atoms with E-state index in [9.17, 15) is 9.59 Å². The topological polar surface area (TPSA) is 90.4 Å². The Kier molecular flexibility index (Phi) is 4.92. The van der Waals surface area contributed by atoms with Crippen LogP contribution in [0.15, 0.2) is 35.4 Å². The van der Waals surface area contributed by atoms with Crippen molar-refractivity contribution in [2.24, 2.45) is 5.10 Å². The molecule has 3 rings (SSSR count). The van der Waals surface area contributed by atoms with Crippen LogP contribution >= 0.6 is 0 Å². The Labute approximate surface area is 146 Å². The first-order valence-corrected chi connectivity index (χ1v) is 8.37. The number of aryl methyl sites for hydroxylation is 1. The van der Waals surface area contributed by atoms with E-state index >= 15 is 0 Å². The number of aromatic nitrogens is 2. The molecular formula is C18H21N5O2. The van der Waals surface area contributed by atoms with Gasteiger partial charge in [0.15, 0.2) is 5.82 Å². The van der Waals surface area contributed by atoms with Gasteiger partial charge in [-0.25, -0.2) is 5.01 Å². The molecule has 1 aliphatic heterocycles. The van der Waals surface area contributed by atoms with Gasteiger partial charge in [-0.1, -0.05) is 37.6 Å². The van der Waals surface area contributed by atoms with Crippen molar-refractivity contribution in [1.29, 1.82) is 0 Å². The van der Waals surface area contributed by atoms with E-state index in [0.717, 1.165) is 24.1 Å². The molecule has 1 aromatic heterocycles. The fourth-order valence-corrected chi connectivity index (χ4v) is 2.69. The second-order valence-electron chi connectivity index (χ2n) is 6.03. The summed E-state index contributed by atoms with van der Waals surface area (Å²) < 4.78 is 0. The molecule has 2 aromatic rings. The van der Waals surface area contributed by atoms with Crippen molar-refractivity contribution in [2.45, 2.75) is 32.6 Å². The number of rotatable bonds is 5. The maximum absolute atomic E-state index is 12.2. The number of aromatic amines is 1. The van der Waals surface area contributed by atoms with Gasteiger partial charge in [-0.05, 0) is 17.5 Å². The molecule has 0 saturated heterocycles. The van der Waals surface area contributed by atoms with Crippen molar-refractivity contribution < 1.29 is 9.59 Å². The highest BCUT2D eigenvalue weighted by atomic mass is 16.2. The zero-order chi connectivity index (χ0) is 17.8. The summed E-state index contributed by atoms with van der Waals surface area (Å²) in [7, 11) is 1.55. The predicted molar refractivity (Wildman–Crippen MR) is 96.1 cm³/mol. The fraction of sp³-hybridized carbons (Fsp3) is 0.333. The number of amides is 2. The van der Waals surface area contributed by atoms with Crippen molar-refractivity contribution in [3.63, 3.8) is 0 Å². The molecule has 7 nitrogen and oxygen atoms in total. The lowest BCUT2D eigenvalue weighted by molar-refractivity contribution is -0.130. The number of H-pyrrole nitrogens is 1. The van der Waals surface area contributed by atoms with Crippen LogP contribution in [0.2, 0.25) is 0 Å². The van der Waals surface area contributed by atoms with Gasteiger partial charge in [0.25, 0.3) is 5.91 Å². The first-order chi connectivity index (χ1) is 12.1. The molecule has 0 unspecified atom stereocenters. The smallest absolute Gasteiger partial charge is 0.273 e. The molecular weight excluding hydrogens is 318 g/mol. The van der Waals surface area contributed by atoms with E-state index in [4.69, 9.17) is 0 Å². The minimum atomic E-state index is -0.337. The Morgan fingerprint density at radius 3 is 2.72 bits per heavy atom. The number of carbonyl (C=O) groups is 2. The maximum Gasteiger partial charge on any atom is 0.273 e. The Morgan fingerprint density at radius 1 is 1.28 bits per heavy atom. The molecule has 25 heavy (non-hydrogen) atoms. The molecule has 7 heteroatoms. The third-order valence-corrected chi connectivity index (χ3v) is 4.09. The summed E-state index contributed by atoms with van der Waals surface area (Å²) in [6.07, 6.45) is 2.80. The molecule has 0 fully saturated rings. The van der Waals surface area contributed by atoms with Gasteiger partial charge < -0.3 is 5.32 Å². The highest BCUT2D eigenvalue weighted by molar-refractivity contribution is 6.43. The number of hydrogen-bond donors (Lipinski definition) is 2. The first-order valence-electron chi connectivity index (χ1n) is 8.37. The van der Waals surface area contributed by atoms with Crippen LogP contribution in [0.5, 0.6) is 0 Å². The van der Waals surface area contributed by atoms with Gasteiger partial charge in [-0.15, -0.1) is 0 Å². The van der Waals surface area contributed by atoms with Crippen molar-refractivity contribution in [3.05, 3.63) is 35.9 Å². The summed E-state index contributed by atoms with van der Waals surface area (Å²) in [5.74, 6) is 0.000655. The van der Waals surface area contributed by atoms with Crippen molar-refractivity contribution in [3.8, 4) is 11.3 Å². The van der Waals surface area contributed by atoms with E-state index in [0.29, 0.717) is 24.4 Å². The standard InChI is InChI=1S/C18H21N5O2/c1-3-4-12-5-7-13(8-6-12)15-11-16(21-20-15)19-18(25)14-9-10-17(24)23(2)22-14/h5-8,11H,3-4,9-10H2,1-2H3,(H2,19,20,21,25). The van der Waals surface area contributed by atoms with Crippen molar-refractivity contribution in [2.75, 3.05) is 12.4 Å². The Bertz CT molecular complexity index is 807. The number of anilines is 1. The Morgan fingerprint density at radius 2 is 2.04 bits per heavy atom. The number of hydrogen-bond acceptors (Lipinski definition) is 4. The maximum atomic E-state index is 12.2. The van der Waals surface area contributed by atoms with Gasteiger partial charge in [0, 0.05) is 26.0 Å². The minimum Gasteiger partial charge on any atom is -0.304 e. The first kappa shape index (κ1) is 16.9. The fourth-order valence-electron chi connectivity index (χ4n) is 2.69. The quantitative estimate of drug-likeness (QED) is 0.877. The number of carbonyl (C=O) groups excluding carboxylic acids is 2. The van der Waals surface area contributed by atoms with Crippen molar-refractivity contribution >= 4 is 23.3 Å². The van der Waals surface area contributed by atoms with Gasteiger partial charge >= 0.3 is 0 Å². The Hall–Kier alpha value is -2.96. The normalized spacial score (nSPS) is 14.4. The second kappa shape index (κ2) is 7.29. The minimum absolute atomic E-state index is 0.0925. The molecule has 1 aliphatic rings. The average molecular weight is 339 g/mol. The van der Waals surface area contributed by atoms with Gasteiger partial charge in [-0.3, -0.25) is 14.7 Å². The number of benzene rings is 1. The van der Waals surface area contributed by atoms with Crippen molar-refractivity contribution in [1.82, 2.24) is 15.2 Å². The lowest BCUT2D eigenvalue weighted by atomic mass is 10.1. The van der Waals surface area contributed by atoms with Crippen LogP contribution in [-0.2, 0) is 16.0 Å². The highest BCUT2D eigenvalue weighted by Crippen LogP contribution is 2.21. The van der Waals surface area contributed by atoms with Gasteiger partial charge in [-0.2, -0.15) is 10.2 Å². The molecule has 2 amide bonds. The van der Waals surface area contributed by atoms with Crippen LogP contribution in [-0.4, -0.2) is 39.8 Å². The lowest BCUT2D eigenvalue weighted by Crippen LogP contribution is -2.34. The third-order valence-electron chi connectivity index (χ3n) is 4.09. The number of hydrazone groups is 1. The second-order valence-corrected chi connectivity index (χ2v) is 6.03. The molecule has 0 aliphatic carbocycles. The summed E-state index contributed by atoms with van der Waals surface area (Å²) in [5, 5.41) is 15.0. The molecule has 0 atom stereocenters. The molecule has 0 spiro atoms. The molecule has 2 heterocycles. The molecule has 0 radical (unpaired) electrons. The summed E-state index contributed by atoms with van der Waals surface area (Å²) in [6.45, 7) is 2.15. The monoisotopic (exact) mass is 339 g/mol. The number of nitrogens with zero attached hydrogens (tertiary/aromatic N) is 3. The van der Waals surface area contributed by atoms with E-state index < -0.39 is 0 Å². The van der Waals surface area contributed by atoms with Crippen LogP contribution in [0.3, 0.4) is 0 Å². The number of nitrogens with one attached hydrogen (secondary N) is 2. The SMILES string of the molecule is CCCc1ccc(-c2cc(NC(=O)C3=NN(C)C(=O)CC3)n[nH]2)cc1. The van der Waals surface area contributed by atoms with Crippen LogP contribution in [0.1, 0.15) is 31.7 Å². The van der Waals surface area contributed by atoms with Crippen LogP contribution in [0.25, 0.3) is 11.3 Å². The lowest BCUT2D eigenvalue weighted by Gasteiger charge is -2.18. The van der Waals surface area contributed by atoms with E-state index in [2.05, 4.69) is 39.7 Å². The Balaban J connectivity index is 1.68. The van der Waals surface area contributed by atoms with E-state index in [1.54, 1.807) is 13.1 Å². The molecule has 130 valence electrons. The van der Waals surface area contributed by atoms with Crippen LogP contribution in [0, 0.1) is 0 Å². The van der Waals surface area contributed by atoms with E-state index in [-0.39, 0.29) is 11.8 Å². The summed E-state index contributed by atoms with van der Waals surface area (Å²) in [4.78, 5) is 23.7. The van der Waals surface area contributed by atoms with E-state index in [1.165, 1.54) is 10.6 Å². The van der Waals surface area contributed by atoms with Gasteiger partial charge in [0.05, 0.1) is 5.69 Å². The predicted octanol–water partition coefficient (Wildman–Crippen LogP) is 2.58. The highest BCUT2D eigenvalue weighted by Gasteiger charge is 2.22. The molecule has 1 aromatic carbocycles. The summed E-state index contributed by atoms with van der Waals surface area (Å²) >= 11 is 0. The van der Waals surface area contributed by atoms with Crippen LogP contribution < -0.4 is 5.32 Å². The molecule has 2 N–H and O–H groups in total. The molecule has 0 bridgehead atoms. The van der Waals surface area contributed by atoms with Crippen LogP contribution in [0.4, 0.5) is 5.82 Å². The van der Waals surface area contributed by atoms with E-state index in [1.807, 2.05) is 12.1 Å². The van der Waals surface area contributed by atoms with Gasteiger partial charge in [0.1, 0.15) is 5.71 Å². The summed E-state index contributed by atoms with van der Waals surface area (Å²) in [6, 6.07) is 10.1.